The number of hydrogen-bond donors (Lipinski definition) is 2. The third-order valence-electron chi connectivity index (χ3n) is 5.84. The van der Waals surface area contributed by atoms with E-state index in [1.165, 1.54) is 11.9 Å². The van der Waals surface area contributed by atoms with Crippen LogP contribution in [0.3, 0.4) is 0 Å². The molecule has 164 valence electrons. The number of benzene rings is 3. The summed E-state index contributed by atoms with van der Waals surface area (Å²) in [5.74, 6) is -0.0916. The van der Waals surface area contributed by atoms with Crippen LogP contribution in [0.25, 0.3) is 22.0 Å². The Labute approximate surface area is 194 Å². The maximum Gasteiger partial charge on any atom is 0.258 e. The molecule has 3 aromatic carbocycles. The highest BCUT2D eigenvalue weighted by Crippen LogP contribution is 2.37. The van der Waals surface area contributed by atoms with E-state index in [0.717, 1.165) is 22.1 Å². The second kappa shape index (κ2) is 8.22. The molecule has 0 unspecified atom stereocenters. The maximum atomic E-state index is 13.4. The lowest BCUT2D eigenvalue weighted by atomic mass is 9.91. The van der Waals surface area contributed by atoms with Gasteiger partial charge in [0.15, 0.2) is 0 Å². The Hall–Kier alpha value is -3.90. The molecule has 1 amide bonds. The maximum absolute atomic E-state index is 13.4. The molecule has 7 heteroatoms. The first-order valence-electron chi connectivity index (χ1n) is 10.5. The van der Waals surface area contributed by atoms with E-state index in [1.807, 2.05) is 36.4 Å². The van der Waals surface area contributed by atoms with E-state index in [0.29, 0.717) is 28.2 Å². The second-order valence-electron chi connectivity index (χ2n) is 7.98. The monoisotopic (exact) mass is 457 g/mol. The van der Waals surface area contributed by atoms with Crippen LogP contribution >= 0.6 is 11.6 Å². The van der Waals surface area contributed by atoms with Crippen molar-refractivity contribution in [2.75, 3.05) is 0 Å². The van der Waals surface area contributed by atoms with Gasteiger partial charge in [0.25, 0.3) is 5.56 Å². The van der Waals surface area contributed by atoms with E-state index < -0.39 is 0 Å². The molecule has 2 N–H and O–H groups in total. The van der Waals surface area contributed by atoms with Gasteiger partial charge in [0, 0.05) is 34.8 Å². The number of pyridine rings is 1. The first-order valence-corrected chi connectivity index (χ1v) is 10.9. The molecule has 1 aliphatic heterocycles. The zero-order valence-corrected chi connectivity index (χ0v) is 18.5. The van der Waals surface area contributed by atoms with E-state index >= 15 is 0 Å². The number of aromatic hydroxyl groups is 1. The summed E-state index contributed by atoms with van der Waals surface area (Å²) >= 11 is 6.32. The van der Waals surface area contributed by atoms with Crippen LogP contribution in [0.2, 0.25) is 5.02 Å². The van der Waals surface area contributed by atoms with Crippen LogP contribution in [0.15, 0.2) is 82.7 Å². The molecule has 1 atom stereocenters. The van der Waals surface area contributed by atoms with Gasteiger partial charge >= 0.3 is 0 Å². The largest absolute Gasteiger partial charge is 0.508 e. The van der Waals surface area contributed by atoms with Crippen molar-refractivity contribution in [1.82, 2.24) is 9.99 Å². The number of hydrogen-bond acceptors (Lipinski definition) is 4. The summed E-state index contributed by atoms with van der Waals surface area (Å²) in [6.45, 7) is 1.45. The Morgan fingerprint density at radius 3 is 2.48 bits per heavy atom. The zero-order chi connectivity index (χ0) is 23.1. The molecule has 4 aromatic rings. The van der Waals surface area contributed by atoms with Crippen LogP contribution in [0, 0.1) is 0 Å². The SMILES string of the molecule is CC(=O)N1N=C(c2c(-c3ccccc3)c3cc(Cl)ccc3[nH]c2=O)C[C@@H]1c1ccc(O)cc1. The van der Waals surface area contributed by atoms with Crippen molar-refractivity contribution in [1.29, 1.82) is 0 Å². The highest BCUT2D eigenvalue weighted by atomic mass is 35.5. The summed E-state index contributed by atoms with van der Waals surface area (Å²) in [5, 5.41) is 17.0. The van der Waals surface area contributed by atoms with Gasteiger partial charge < -0.3 is 10.1 Å². The third kappa shape index (κ3) is 3.79. The summed E-state index contributed by atoms with van der Waals surface area (Å²) in [6.07, 6.45) is 0.360. The smallest absolute Gasteiger partial charge is 0.258 e. The number of aromatic amines is 1. The van der Waals surface area contributed by atoms with Gasteiger partial charge in [-0.2, -0.15) is 5.10 Å². The Morgan fingerprint density at radius 1 is 1.06 bits per heavy atom. The van der Waals surface area contributed by atoms with Gasteiger partial charge in [-0.25, -0.2) is 5.01 Å². The van der Waals surface area contributed by atoms with Crippen molar-refractivity contribution >= 4 is 34.1 Å². The van der Waals surface area contributed by atoms with Gasteiger partial charge in [0.05, 0.1) is 17.3 Å². The van der Waals surface area contributed by atoms with Crippen LogP contribution in [0.1, 0.15) is 30.5 Å². The van der Waals surface area contributed by atoms with Crippen molar-refractivity contribution in [2.45, 2.75) is 19.4 Å². The number of phenolic OH excluding ortho intramolecular Hbond substituents is 1. The van der Waals surface area contributed by atoms with Gasteiger partial charge in [0.1, 0.15) is 5.75 Å². The number of phenols is 1. The number of amides is 1. The Kier molecular flexibility index (Phi) is 5.23. The lowest BCUT2D eigenvalue weighted by Crippen LogP contribution is -2.24. The first kappa shape index (κ1) is 21.0. The van der Waals surface area contributed by atoms with Gasteiger partial charge in [0.2, 0.25) is 5.91 Å². The number of H-pyrrole nitrogens is 1. The molecule has 2 heterocycles. The predicted molar refractivity (Wildman–Crippen MR) is 130 cm³/mol. The summed E-state index contributed by atoms with van der Waals surface area (Å²) in [7, 11) is 0. The molecule has 0 saturated heterocycles. The molecule has 0 bridgehead atoms. The average Bonchev–Trinajstić information content (AvgIpc) is 3.25. The van der Waals surface area contributed by atoms with Crippen molar-refractivity contribution in [2.24, 2.45) is 5.10 Å². The van der Waals surface area contributed by atoms with E-state index in [2.05, 4.69) is 10.1 Å². The predicted octanol–water partition coefficient (Wildman–Crippen LogP) is 5.25. The number of fused-ring (bicyclic) bond motifs is 1. The number of aromatic nitrogens is 1. The van der Waals surface area contributed by atoms with Crippen molar-refractivity contribution in [3.63, 3.8) is 0 Å². The van der Waals surface area contributed by atoms with Gasteiger partial charge in [-0.15, -0.1) is 0 Å². The third-order valence-corrected chi connectivity index (χ3v) is 6.07. The highest BCUT2D eigenvalue weighted by molar-refractivity contribution is 6.31. The second-order valence-corrected chi connectivity index (χ2v) is 8.42. The van der Waals surface area contributed by atoms with Crippen LogP contribution in [-0.4, -0.2) is 26.7 Å². The fourth-order valence-corrected chi connectivity index (χ4v) is 4.53. The van der Waals surface area contributed by atoms with E-state index in [4.69, 9.17) is 11.6 Å². The summed E-state index contributed by atoms with van der Waals surface area (Å²) in [6, 6.07) is 21.3. The molecule has 0 aliphatic carbocycles. The fourth-order valence-electron chi connectivity index (χ4n) is 4.35. The Balaban J connectivity index is 1.74. The Bertz CT molecular complexity index is 1460. The summed E-state index contributed by atoms with van der Waals surface area (Å²) < 4.78 is 0. The number of hydrazone groups is 1. The lowest BCUT2D eigenvalue weighted by molar-refractivity contribution is -0.130. The fraction of sp³-hybridized carbons (Fsp3) is 0.115. The average molecular weight is 458 g/mol. The summed E-state index contributed by atoms with van der Waals surface area (Å²) in [5.41, 5.74) is 3.74. The number of nitrogens with zero attached hydrogens (tertiary/aromatic N) is 2. The molecular weight excluding hydrogens is 438 g/mol. The normalized spacial score (nSPS) is 15.6. The minimum Gasteiger partial charge on any atom is -0.508 e. The Morgan fingerprint density at radius 2 is 1.79 bits per heavy atom. The first-order chi connectivity index (χ1) is 15.9. The molecule has 0 spiro atoms. The standard InChI is InChI=1S/C26H20ClN3O3/c1-15(31)30-23(16-7-10-19(32)11-8-16)14-22(29-30)25-24(17-5-3-2-4-6-17)20-13-18(27)9-12-21(20)28-26(25)33/h2-13,23,32H,14H2,1H3,(H,28,33)/t23-/m1/s1. The van der Waals surface area contributed by atoms with Crippen molar-refractivity contribution < 1.29 is 9.90 Å². The highest BCUT2D eigenvalue weighted by Gasteiger charge is 2.34. The molecule has 5 rings (SSSR count). The number of nitrogens with one attached hydrogen (secondary N) is 1. The number of carbonyl (C=O) groups is 1. The summed E-state index contributed by atoms with van der Waals surface area (Å²) in [4.78, 5) is 28.7. The molecule has 6 nitrogen and oxygen atoms in total. The van der Waals surface area contributed by atoms with Gasteiger partial charge in [-0.1, -0.05) is 54.1 Å². The lowest BCUT2D eigenvalue weighted by Gasteiger charge is -2.20. The van der Waals surface area contributed by atoms with E-state index in [1.54, 1.807) is 36.4 Å². The minimum absolute atomic E-state index is 0.140. The van der Waals surface area contributed by atoms with Crippen molar-refractivity contribution in [3.8, 4) is 16.9 Å². The molecule has 0 fully saturated rings. The zero-order valence-electron chi connectivity index (χ0n) is 17.7. The minimum atomic E-state index is -0.379. The van der Waals surface area contributed by atoms with E-state index in [-0.39, 0.29) is 23.3 Å². The van der Waals surface area contributed by atoms with Gasteiger partial charge in [-0.05, 0) is 41.5 Å². The quantitative estimate of drug-likeness (QED) is 0.440. The molecule has 0 radical (unpaired) electrons. The molecule has 0 saturated carbocycles. The number of rotatable bonds is 3. The van der Waals surface area contributed by atoms with Crippen LogP contribution < -0.4 is 5.56 Å². The topological polar surface area (TPSA) is 85.8 Å². The molecular formula is C26H20ClN3O3. The number of halogens is 1. The van der Waals surface area contributed by atoms with Crippen LogP contribution in [0.4, 0.5) is 0 Å². The number of carbonyl (C=O) groups excluding carboxylic acids is 1. The van der Waals surface area contributed by atoms with Crippen LogP contribution in [0.5, 0.6) is 5.75 Å². The van der Waals surface area contributed by atoms with Crippen LogP contribution in [-0.2, 0) is 4.79 Å². The van der Waals surface area contributed by atoms with Crippen molar-refractivity contribution in [3.05, 3.63) is 99.3 Å². The molecule has 1 aromatic heterocycles. The molecule has 33 heavy (non-hydrogen) atoms. The van der Waals surface area contributed by atoms with Gasteiger partial charge in [-0.3, -0.25) is 9.59 Å². The molecule has 1 aliphatic rings. The van der Waals surface area contributed by atoms with E-state index in [9.17, 15) is 14.7 Å².